The molecule has 1 amide bonds. The number of hydrogen-bond acceptors (Lipinski definition) is 4. The molecule has 1 atom stereocenters. The molecule has 0 spiro atoms. The molecular formula is C14H25N3OS. The van der Waals surface area contributed by atoms with Gasteiger partial charge in [-0.1, -0.05) is 41.0 Å². The van der Waals surface area contributed by atoms with E-state index in [1.165, 1.54) is 4.88 Å². The maximum Gasteiger partial charge on any atom is 0.243 e. The highest BCUT2D eigenvalue weighted by Crippen LogP contribution is 2.25. The summed E-state index contributed by atoms with van der Waals surface area (Å²) in [7, 11) is 0. The van der Waals surface area contributed by atoms with Crippen molar-refractivity contribution in [3.05, 3.63) is 11.1 Å². The summed E-state index contributed by atoms with van der Waals surface area (Å²) in [5.74, 6) is 0.462. The van der Waals surface area contributed by atoms with Crippen molar-refractivity contribution in [2.75, 3.05) is 5.32 Å². The number of thiazole rings is 1. The van der Waals surface area contributed by atoms with Crippen LogP contribution >= 0.6 is 11.3 Å². The van der Waals surface area contributed by atoms with E-state index in [0.29, 0.717) is 17.1 Å². The third-order valence-corrected chi connectivity index (χ3v) is 3.96. The molecule has 0 saturated heterocycles. The Balaban J connectivity index is 2.64. The molecule has 0 aliphatic rings. The number of anilines is 1. The summed E-state index contributed by atoms with van der Waals surface area (Å²) < 4.78 is 0. The minimum absolute atomic E-state index is 0.0141. The monoisotopic (exact) mass is 283 g/mol. The standard InChI is InChI=1S/C14H25N3OS/c1-6-7-11(16-10(4)5)13(18)17-14-15-8-12(19-14)9(2)3/h8-11,16H,6-7H2,1-5H3,(H,15,17,18)/t11-/m0/s1. The lowest BCUT2D eigenvalue weighted by Gasteiger charge is -2.19. The first-order valence-electron chi connectivity index (χ1n) is 6.96. The molecule has 0 saturated carbocycles. The zero-order chi connectivity index (χ0) is 14.4. The second kappa shape index (κ2) is 7.60. The highest BCUT2D eigenvalue weighted by Gasteiger charge is 2.19. The molecule has 1 rings (SSSR count). The van der Waals surface area contributed by atoms with Gasteiger partial charge in [-0.2, -0.15) is 0 Å². The molecule has 0 aliphatic heterocycles. The van der Waals surface area contributed by atoms with E-state index in [-0.39, 0.29) is 11.9 Å². The van der Waals surface area contributed by atoms with Crippen LogP contribution in [0.1, 0.15) is 58.3 Å². The average Bonchev–Trinajstić information content (AvgIpc) is 2.76. The van der Waals surface area contributed by atoms with E-state index in [1.54, 1.807) is 11.3 Å². The van der Waals surface area contributed by atoms with E-state index in [1.807, 2.05) is 6.20 Å². The first-order chi connectivity index (χ1) is 8.93. The largest absolute Gasteiger partial charge is 0.304 e. The first kappa shape index (κ1) is 16.1. The van der Waals surface area contributed by atoms with Crippen molar-refractivity contribution in [3.8, 4) is 0 Å². The van der Waals surface area contributed by atoms with Gasteiger partial charge in [0.2, 0.25) is 5.91 Å². The predicted molar refractivity (Wildman–Crippen MR) is 81.8 cm³/mol. The molecule has 5 heteroatoms. The summed E-state index contributed by atoms with van der Waals surface area (Å²) in [6.45, 7) is 10.4. The fraction of sp³-hybridized carbons (Fsp3) is 0.714. The van der Waals surface area contributed by atoms with E-state index < -0.39 is 0 Å². The van der Waals surface area contributed by atoms with E-state index in [9.17, 15) is 4.79 Å². The van der Waals surface area contributed by atoms with Crippen molar-refractivity contribution in [2.45, 2.75) is 65.5 Å². The fourth-order valence-electron chi connectivity index (χ4n) is 1.78. The summed E-state index contributed by atoms with van der Waals surface area (Å²) in [5, 5.41) is 6.90. The van der Waals surface area contributed by atoms with Gasteiger partial charge in [-0.05, 0) is 12.3 Å². The Bertz CT molecular complexity index is 401. The van der Waals surface area contributed by atoms with Crippen LogP contribution in [0.4, 0.5) is 5.13 Å². The van der Waals surface area contributed by atoms with Gasteiger partial charge in [0.05, 0.1) is 6.04 Å². The van der Waals surface area contributed by atoms with E-state index in [2.05, 4.69) is 50.2 Å². The Morgan fingerprint density at radius 1 is 1.37 bits per heavy atom. The van der Waals surface area contributed by atoms with Gasteiger partial charge in [0.15, 0.2) is 5.13 Å². The number of carbonyl (C=O) groups excluding carboxylic acids is 1. The fourth-order valence-corrected chi connectivity index (χ4v) is 2.61. The summed E-state index contributed by atoms with van der Waals surface area (Å²) in [5.41, 5.74) is 0. The van der Waals surface area contributed by atoms with Crippen molar-refractivity contribution < 1.29 is 4.79 Å². The van der Waals surface area contributed by atoms with Gasteiger partial charge in [0.25, 0.3) is 0 Å². The molecule has 0 bridgehead atoms. The quantitative estimate of drug-likeness (QED) is 0.806. The highest BCUT2D eigenvalue weighted by atomic mass is 32.1. The molecule has 19 heavy (non-hydrogen) atoms. The SMILES string of the molecule is CCC[C@H](NC(C)C)C(=O)Nc1ncc(C(C)C)s1. The van der Waals surface area contributed by atoms with Gasteiger partial charge in [0.1, 0.15) is 0 Å². The van der Waals surface area contributed by atoms with Crippen molar-refractivity contribution >= 4 is 22.4 Å². The number of nitrogens with zero attached hydrogens (tertiary/aromatic N) is 1. The van der Waals surface area contributed by atoms with Gasteiger partial charge in [-0.25, -0.2) is 4.98 Å². The lowest BCUT2D eigenvalue weighted by molar-refractivity contribution is -0.118. The van der Waals surface area contributed by atoms with Crippen LogP contribution in [0, 0.1) is 0 Å². The molecular weight excluding hydrogens is 258 g/mol. The van der Waals surface area contributed by atoms with Crippen LogP contribution in [-0.4, -0.2) is 23.0 Å². The maximum atomic E-state index is 12.2. The summed E-state index contributed by atoms with van der Waals surface area (Å²) in [6, 6.07) is 0.154. The van der Waals surface area contributed by atoms with Crippen LogP contribution in [-0.2, 0) is 4.79 Å². The molecule has 1 aromatic rings. The topological polar surface area (TPSA) is 54.0 Å². The van der Waals surface area contributed by atoms with Crippen molar-refractivity contribution in [1.82, 2.24) is 10.3 Å². The van der Waals surface area contributed by atoms with E-state index >= 15 is 0 Å². The molecule has 4 nitrogen and oxygen atoms in total. The number of nitrogens with one attached hydrogen (secondary N) is 2. The van der Waals surface area contributed by atoms with Crippen LogP contribution in [0.15, 0.2) is 6.20 Å². The van der Waals surface area contributed by atoms with Crippen molar-refractivity contribution in [2.24, 2.45) is 0 Å². The zero-order valence-electron chi connectivity index (χ0n) is 12.5. The molecule has 1 heterocycles. The second-order valence-corrected chi connectivity index (χ2v) is 6.44. The Morgan fingerprint density at radius 3 is 2.53 bits per heavy atom. The summed E-state index contributed by atoms with van der Waals surface area (Å²) in [4.78, 5) is 17.7. The number of carbonyl (C=O) groups is 1. The van der Waals surface area contributed by atoms with Gasteiger partial charge >= 0.3 is 0 Å². The third-order valence-electron chi connectivity index (χ3n) is 2.75. The Kier molecular flexibility index (Phi) is 6.45. The van der Waals surface area contributed by atoms with Crippen molar-refractivity contribution in [3.63, 3.8) is 0 Å². The number of hydrogen-bond donors (Lipinski definition) is 2. The number of rotatable bonds is 7. The molecule has 0 unspecified atom stereocenters. The Labute approximate surface area is 120 Å². The van der Waals surface area contributed by atoms with E-state index in [4.69, 9.17) is 0 Å². The predicted octanol–water partition coefficient (Wildman–Crippen LogP) is 3.37. The third kappa shape index (κ3) is 5.28. The molecule has 0 fully saturated rings. The Morgan fingerprint density at radius 2 is 2.05 bits per heavy atom. The lowest BCUT2D eigenvalue weighted by Crippen LogP contribution is -2.43. The lowest BCUT2D eigenvalue weighted by atomic mass is 10.1. The molecule has 0 aliphatic carbocycles. The zero-order valence-corrected chi connectivity index (χ0v) is 13.3. The smallest absolute Gasteiger partial charge is 0.243 e. The van der Waals surface area contributed by atoms with Crippen LogP contribution in [0.5, 0.6) is 0 Å². The molecule has 108 valence electrons. The maximum absolute atomic E-state index is 12.2. The average molecular weight is 283 g/mol. The van der Waals surface area contributed by atoms with Crippen LogP contribution in [0.3, 0.4) is 0 Å². The summed E-state index contributed by atoms with van der Waals surface area (Å²) >= 11 is 1.55. The number of aromatic nitrogens is 1. The highest BCUT2D eigenvalue weighted by molar-refractivity contribution is 7.15. The van der Waals surface area contributed by atoms with Crippen LogP contribution in [0.2, 0.25) is 0 Å². The van der Waals surface area contributed by atoms with Crippen LogP contribution < -0.4 is 10.6 Å². The minimum Gasteiger partial charge on any atom is -0.304 e. The van der Waals surface area contributed by atoms with Gasteiger partial charge in [-0.3, -0.25) is 4.79 Å². The van der Waals surface area contributed by atoms with Crippen LogP contribution in [0.25, 0.3) is 0 Å². The molecule has 1 aromatic heterocycles. The minimum atomic E-state index is -0.142. The molecule has 0 aromatic carbocycles. The van der Waals surface area contributed by atoms with Crippen molar-refractivity contribution in [1.29, 1.82) is 0 Å². The molecule has 2 N–H and O–H groups in total. The summed E-state index contributed by atoms with van der Waals surface area (Å²) in [6.07, 6.45) is 3.66. The normalized spacial score (nSPS) is 13.0. The van der Waals surface area contributed by atoms with E-state index in [0.717, 1.165) is 12.8 Å². The molecule has 0 radical (unpaired) electrons. The van der Waals surface area contributed by atoms with Gasteiger partial charge in [-0.15, -0.1) is 11.3 Å². The second-order valence-electron chi connectivity index (χ2n) is 5.37. The first-order valence-corrected chi connectivity index (χ1v) is 7.78. The van der Waals surface area contributed by atoms with Gasteiger partial charge < -0.3 is 10.6 Å². The Hall–Kier alpha value is -0.940. The number of amides is 1. The van der Waals surface area contributed by atoms with Gasteiger partial charge in [0, 0.05) is 17.1 Å².